The SMILES string of the molecule is CC(C)(C)OC(=O)NC1[C@@H]2CC[C@H]1CN(c1ccnc(C(F)(F)F)c1)C2. The number of hydrogen-bond donors (Lipinski definition) is 1. The Bertz CT molecular complexity index is 658. The molecule has 2 heterocycles. The lowest BCUT2D eigenvalue weighted by Gasteiger charge is -2.39. The van der Waals surface area contributed by atoms with Gasteiger partial charge in [0.1, 0.15) is 11.3 Å². The lowest BCUT2D eigenvalue weighted by Crippen LogP contribution is -2.53. The summed E-state index contributed by atoms with van der Waals surface area (Å²) in [5.41, 5.74) is -0.911. The number of pyridine rings is 1. The Balaban J connectivity index is 1.68. The minimum atomic E-state index is -4.45. The van der Waals surface area contributed by atoms with Gasteiger partial charge in [-0.25, -0.2) is 4.79 Å². The largest absolute Gasteiger partial charge is 0.444 e. The fourth-order valence-electron chi connectivity index (χ4n) is 3.88. The molecule has 3 atom stereocenters. The number of alkyl carbamates (subject to hydrolysis) is 1. The molecule has 2 aliphatic rings. The summed E-state index contributed by atoms with van der Waals surface area (Å²) in [5.74, 6) is 0.396. The molecule has 5 nitrogen and oxygen atoms in total. The second-order valence-corrected chi connectivity index (χ2v) is 8.07. The van der Waals surface area contributed by atoms with Crippen LogP contribution in [0.15, 0.2) is 18.3 Å². The number of hydrogen-bond acceptors (Lipinski definition) is 4. The van der Waals surface area contributed by atoms with Crippen LogP contribution in [0, 0.1) is 11.8 Å². The molecule has 3 rings (SSSR count). The third-order valence-electron chi connectivity index (χ3n) is 4.92. The molecule has 1 aromatic rings. The van der Waals surface area contributed by atoms with E-state index in [-0.39, 0.29) is 17.9 Å². The fraction of sp³-hybridized carbons (Fsp3) is 0.667. The molecule has 1 saturated carbocycles. The van der Waals surface area contributed by atoms with Crippen LogP contribution in [-0.4, -0.2) is 35.8 Å². The van der Waals surface area contributed by atoms with Gasteiger partial charge in [0.15, 0.2) is 0 Å². The number of ether oxygens (including phenoxy) is 1. The lowest BCUT2D eigenvalue weighted by molar-refractivity contribution is -0.141. The van der Waals surface area contributed by atoms with E-state index >= 15 is 0 Å². The van der Waals surface area contributed by atoms with Crippen molar-refractivity contribution in [1.29, 1.82) is 0 Å². The van der Waals surface area contributed by atoms with Crippen molar-refractivity contribution < 1.29 is 22.7 Å². The molecule has 2 bridgehead atoms. The predicted molar refractivity (Wildman–Crippen MR) is 90.8 cm³/mol. The first-order chi connectivity index (χ1) is 12.0. The maximum atomic E-state index is 12.9. The molecule has 144 valence electrons. The zero-order valence-electron chi connectivity index (χ0n) is 15.1. The van der Waals surface area contributed by atoms with Crippen molar-refractivity contribution in [3.05, 3.63) is 24.0 Å². The van der Waals surface area contributed by atoms with Crippen molar-refractivity contribution in [2.45, 2.75) is 51.4 Å². The molecule has 8 heteroatoms. The molecule has 0 aromatic carbocycles. The Morgan fingerprint density at radius 1 is 1.23 bits per heavy atom. The van der Waals surface area contributed by atoms with E-state index < -0.39 is 23.6 Å². The first kappa shape index (κ1) is 18.8. The third-order valence-corrected chi connectivity index (χ3v) is 4.92. The molecule has 1 amide bonds. The Hall–Kier alpha value is -1.99. The van der Waals surface area contributed by atoms with Crippen molar-refractivity contribution in [1.82, 2.24) is 10.3 Å². The number of fused-ring (bicyclic) bond motifs is 2. The second kappa shape index (κ2) is 6.63. The van der Waals surface area contributed by atoms with Gasteiger partial charge in [-0.05, 0) is 57.6 Å². The summed E-state index contributed by atoms with van der Waals surface area (Å²) in [4.78, 5) is 17.5. The lowest BCUT2D eigenvalue weighted by atomic mass is 9.92. The first-order valence-corrected chi connectivity index (χ1v) is 8.80. The Labute approximate surface area is 150 Å². The van der Waals surface area contributed by atoms with E-state index in [9.17, 15) is 18.0 Å². The van der Waals surface area contributed by atoms with Gasteiger partial charge in [-0.1, -0.05) is 0 Å². The maximum Gasteiger partial charge on any atom is 0.433 e. The van der Waals surface area contributed by atoms with E-state index in [2.05, 4.69) is 10.3 Å². The number of amides is 1. The highest BCUT2D eigenvalue weighted by Gasteiger charge is 2.43. The predicted octanol–water partition coefficient (Wildman–Crippen LogP) is 3.84. The molecule has 1 aliphatic carbocycles. The normalized spacial score (nSPS) is 25.9. The summed E-state index contributed by atoms with van der Waals surface area (Å²) < 4.78 is 44.0. The average Bonchev–Trinajstić information content (AvgIpc) is 2.75. The number of aromatic nitrogens is 1. The summed E-state index contributed by atoms with van der Waals surface area (Å²) in [5, 5.41) is 2.96. The number of carbonyl (C=O) groups excluding carboxylic acids is 1. The van der Waals surface area contributed by atoms with Gasteiger partial charge in [-0.3, -0.25) is 4.98 Å². The highest BCUT2D eigenvalue weighted by atomic mass is 19.4. The number of halogens is 3. The standard InChI is InChI=1S/C18H24F3N3O2/c1-17(2,3)26-16(25)23-15-11-4-5-12(15)10-24(9-11)13-6-7-22-14(8-13)18(19,20)21/h6-8,11-12,15H,4-5,9-10H2,1-3H3,(H,23,25)/t11-,12+,15?. The van der Waals surface area contributed by atoms with Gasteiger partial charge in [0.05, 0.1) is 0 Å². The number of piperidine rings is 1. The molecule has 0 radical (unpaired) electrons. The molecule has 1 unspecified atom stereocenters. The minimum absolute atomic E-state index is 0.00465. The second-order valence-electron chi connectivity index (χ2n) is 8.07. The van der Waals surface area contributed by atoms with Crippen LogP contribution in [0.1, 0.15) is 39.3 Å². The van der Waals surface area contributed by atoms with E-state index in [0.717, 1.165) is 18.9 Å². The average molecular weight is 371 g/mol. The van der Waals surface area contributed by atoms with Gasteiger partial charge in [-0.15, -0.1) is 0 Å². The van der Waals surface area contributed by atoms with Gasteiger partial charge in [0, 0.05) is 31.0 Å². The van der Waals surface area contributed by atoms with Crippen molar-refractivity contribution in [3.8, 4) is 0 Å². The Kier molecular flexibility index (Phi) is 4.79. The van der Waals surface area contributed by atoms with Crippen LogP contribution in [-0.2, 0) is 10.9 Å². The molecular formula is C18H24F3N3O2. The molecule has 1 aliphatic heterocycles. The molecule has 1 saturated heterocycles. The van der Waals surface area contributed by atoms with Crippen LogP contribution >= 0.6 is 0 Å². The van der Waals surface area contributed by atoms with E-state index in [1.54, 1.807) is 6.07 Å². The highest BCUT2D eigenvalue weighted by molar-refractivity contribution is 5.68. The molecule has 2 fully saturated rings. The van der Waals surface area contributed by atoms with Crippen LogP contribution in [0.5, 0.6) is 0 Å². The van der Waals surface area contributed by atoms with Crippen LogP contribution < -0.4 is 10.2 Å². The van der Waals surface area contributed by atoms with Gasteiger partial charge in [0.25, 0.3) is 0 Å². The van der Waals surface area contributed by atoms with Crippen LogP contribution in [0.25, 0.3) is 0 Å². The monoisotopic (exact) mass is 371 g/mol. The van der Waals surface area contributed by atoms with Crippen molar-refractivity contribution in [2.24, 2.45) is 11.8 Å². The number of anilines is 1. The number of carbonyl (C=O) groups is 1. The molecule has 1 N–H and O–H groups in total. The van der Waals surface area contributed by atoms with Crippen LogP contribution in [0.4, 0.5) is 23.7 Å². The highest BCUT2D eigenvalue weighted by Crippen LogP contribution is 2.39. The molecule has 26 heavy (non-hydrogen) atoms. The number of nitrogens with zero attached hydrogens (tertiary/aromatic N) is 2. The van der Waals surface area contributed by atoms with Crippen LogP contribution in [0.2, 0.25) is 0 Å². The van der Waals surface area contributed by atoms with Crippen molar-refractivity contribution in [3.63, 3.8) is 0 Å². The number of nitrogens with one attached hydrogen (secondary N) is 1. The van der Waals surface area contributed by atoms with Gasteiger partial charge in [-0.2, -0.15) is 13.2 Å². The Morgan fingerprint density at radius 2 is 1.85 bits per heavy atom. The number of rotatable bonds is 2. The smallest absolute Gasteiger partial charge is 0.433 e. The molecule has 0 spiro atoms. The fourth-order valence-corrected chi connectivity index (χ4v) is 3.88. The molecular weight excluding hydrogens is 347 g/mol. The quantitative estimate of drug-likeness (QED) is 0.858. The van der Waals surface area contributed by atoms with E-state index in [0.29, 0.717) is 18.8 Å². The number of alkyl halides is 3. The topological polar surface area (TPSA) is 54.5 Å². The summed E-state index contributed by atoms with van der Waals surface area (Å²) in [7, 11) is 0. The van der Waals surface area contributed by atoms with Crippen molar-refractivity contribution in [2.75, 3.05) is 18.0 Å². The zero-order chi connectivity index (χ0) is 19.1. The van der Waals surface area contributed by atoms with E-state index in [1.165, 1.54) is 6.20 Å². The van der Waals surface area contributed by atoms with Gasteiger partial charge >= 0.3 is 12.3 Å². The van der Waals surface area contributed by atoms with E-state index in [1.807, 2.05) is 25.7 Å². The maximum absolute atomic E-state index is 12.9. The summed E-state index contributed by atoms with van der Waals surface area (Å²) in [6.45, 7) is 6.65. The van der Waals surface area contributed by atoms with Crippen LogP contribution in [0.3, 0.4) is 0 Å². The summed E-state index contributed by atoms with van der Waals surface area (Å²) in [6, 6.07) is 2.71. The molecule has 1 aromatic heterocycles. The third kappa shape index (κ3) is 4.22. The Morgan fingerprint density at radius 3 is 2.38 bits per heavy atom. The van der Waals surface area contributed by atoms with E-state index in [4.69, 9.17) is 4.74 Å². The summed E-state index contributed by atoms with van der Waals surface area (Å²) in [6.07, 6.45) is -1.80. The minimum Gasteiger partial charge on any atom is -0.444 e. The first-order valence-electron chi connectivity index (χ1n) is 8.80. The summed E-state index contributed by atoms with van der Waals surface area (Å²) >= 11 is 0. The van der Waals surface area contributed by atoms with Gasteiger partial charge in [0.2, 0.25) is 0 Å². The zero-order valence-corrected chi connectivity index (χ0v) is 15.1. The van der Waals surface area contributed by atoms with Crippen molar-refractivity contribution >= 4 is 11.8 Å². The van der Waals surface area contributed by atoms with Gasteiger partial charge < -0.3 is 15.0 Å².